The van der Waals surface area contributed by atoms with E-state index in [1.165, 1.54) is 11.8 Å². The van der Waals surface area contributed by atoms with Crippen molar-refractivity contribution in [2.24, 2.45) is 0 Å². The summed E-state index contributed by atoms with van der Waals surface area (Å²) < 4.78 is 5.39. The minimum absolute atomic E-state index is 0.381. The van der Waals surface area contributed by atoms with Gasteiger partial charge in [0, 0.05) is 12.4 Å². The second-order valence-electron chi connectivity index (χ2n) is 4.81. The van der Waals surface area contributed by atoms with Crippen molar-refractivity contribution < 1.29 is 9.53 Å². The predicted molar refractivity (Wildman–Crippen MR) is 74.5 cm³/mol. The quantitative estimate of drug-likeness (QED) is 0.619. The van der Waals surface area contributed by atoms with E-state index in [0.717, 1.165) is 5.56 Å². The van der Waals surface area contributed by atoms with E-state index in [1.807, 2.05) is 19.1 Å². The number of hydrogen-bond donors (Lipinski definition) is 0. The second-order valence-corrected chi connectivity index (χ2v) is 4.81. The van der Waals surface area contributed by atoms with Crippen molar-refractivity contribution in [2.75, 3.05) is 0 Å². The average molecular weight is 255 g/mol. The van der Waals surface area contributed by atoms with Crippen LogP contribution in [0.2, 0.25) is 0 Å². The fourth-order valence-corrected chi connectivity index (χ4v) is 1.79. The Morgan fingerprint density at radius 3 is 2.63 bits per heavy atom. The Bertz CT molecular complexity index is 577. The molecular formula is C16H17NO2. The predicted octanol–water partition coefficient (Wildman–Crippen LogP) is 3.73. The Kier molecular flexibility index (Phi) is 3.95. The molecule has 0 aliphatic heterocycles. The van der Waals surface area contributed by atoms with Crippen LogP contribution in [0.5, 0.6) is 5.75 Å². The maximum Gasteiger partial charge on any atom is 0.345 e. The highest BCUT2D eigenvalue weighted by Crippen LogP contribution is 2.24. The van der Waals surface area contributed by atoms with Crippen LogP contribution in [-0.4, -0.2) is 11.0 Å². The zero-order chi connectivity index (χ0) is 13.8. The molecule has 2 rings (SSSR count). The number of rotatable bonds is 3. The molecule has 3 heteroatoms. The molecule has 1 aromatic carbocycles. The molecule has 0 saturated heterocycles. The molecule has 0 fully saturated rings. The Morgan fingerprint density at radius 2 is 2.05 bits per heavy atom. The monoisotopic (exact) mass is 255 g/mol. The van der Waals surface area contributed by atoms with Gasteiger partial charge < -0.3 is 4.74 Å². The summed E-state index contributed by atoms with van der Waals surface area (Å²) in [4.78, 5) is 15.8. The lowest BCUT2D eigenvalue weighted by Crippen LogP contribution is -2.09. The van der Waals surface area contributed by atoms with Crippen molar-refractivity contribution in [3.8, 4) is 5.75 Å². The van der Waals surface area contributed by atoms with Crippen molar-refractivity contribution in [3.63, 3.8) is 0 Å². The van der Waals surface area contributed by atoms with E-state index in [-0.39, 0.29) is 5.97 Å². The van der Waals surface area contributed by atoms with Crippen LogP contribution in [0, 0.1) is 6.92 Å². The molecule has 0 atom stereocenters. The summed E-state index contributed by atoms with van der Waals surface area (Å²) in [7, 11) is 0. The third kappa shape index (κ3) is 3.19. The molecular weight excluding hydrogens is 238 g/mol. The second kappa shape index (κ2) is 5.65. The summed E-state index contributed by atoms with van der Waals surface area (Å²) in [6.45, 7) is 6.21. The molecule has 1 aromatic heterocycles. The molecule has 98 valence electrons. The molecule has 3 nitrogen and oxygen atoms in total. The highest BCUT2D eigenvalue weighted by molar-refractivity contribution is 5.90. The molecule has 0 N–H and O–H groups in total. The number of pyridine rings is 1. The van der Waals surface area contributed by atoms with Crippen molar-refractivity contribution in [2.45, 2.75) is 26.7 Å². The molecule has 0 unspecified atom stereocenters. The van der Waals surface area contributed by atoms with E-state index in [4.69, 9.17) is 4.74 Å². The number of carbonyl (C=O) groups excluding carboxylic acids is 1. The molecule has 0 aliphatic carbocycles. The largest absolute Gasteiger partial charge is 0.423 e. The third-order valence-electron chi connectivity index (χ3n) is 2.97. The Labute approximate surface area is 113 Å². The number of benzene rings is 1. The summed E-state index contributed by atoms with van der Waals surface area (Å²) in [6.07, 6.45) is 3.12. The van der Waals surface area contributed by atoms with Crippen LogP contribution < -0.4 is 4.74 Å². The van der Waals surface area contributed by atoms with Gasteiger partial charge in [-0.3, -0.25) is 4.98 Å². The van der Waals surface area contributed by atoms with Crippen LogP contribution in [0.15, 0.2) is 42.7 Å². The SMILES string of the molecule is Cc1cc(C(C)C)ccc1OC(=O)c1cccnc1. The van der Waals surface area contributed by atoms with Crippen molar-refractivity contribution in [1.82, 2.24) is 4.98 Å². The molecule has 0 saturated carbocycles. The van der Waals surface area contributed by atoms with Crippen LogP contribution in [-0.2, 0) is 0 Å². The fourth-order valence-electron chi connectivity index (χ4n) is 1.79. The lowest BCUT2D eigenvalue weighted by atomic mass is 10.0. The smallest absolute Gasteiger partial charge is 0.345 e. The zero-order valence-electron chi connectivity index (χ0n) is 11.4. The minimum atomic E-state index is -0.381. The molecule has 2 aromatic rings. The number of aromatic nitrogens is 1. The van der Waals surface area contributed by atoms with Gasteiger partial charge in [-0.25, -0.2) is 4.79 Å². The van der Waals surface area contributed by atoms with Crippen LogP contribution in [0.3, 0.4) is 0 Å². The van der Waals surface area contributed by atoms with Crippen molar-refractivity contribution in [1.29, 1.82) is 0 Å². The Morgan fingerprint density at radius 1 is 1.26 bits per heavy atom. The number of nitrogens with zero attached hydrogens (tertiary/aromatic N) is 1. The molecule has 1 heterocycles. The van der Waals surface area contributed by atoms with Gasteiger partial charge in [-0.2, -0.15) is 0 Å². The molecule has 0 spiro atoms. The van der Waals surface area contributed by atoms with E-state index in [1.54, 1.807) is 18.3 Å². The first kappa shape index (κ1) is 13.3. The molecule has 0 aliphatic rings. The first-order chi connectivity index (χ1) is 9.08. The maximum absolute atomic E-state index is 11.9. The molecule has 19 heavy (non-hydrogen) atoms. The summed E-state index contributed by atoms with van der Waals surface area (Å²) in [5, 5.41) is 0. The molecule has 0 radical (unpaired) electrons. The van der Waals surface area contributed by atoms with E-state index in [2.05, 4.69) is 24.9 Å². The Hall–Kier alpha value is -2.16. The van der Waals surface area contributed by atoms with E-state index in [0.29, 0.717) is 17.2 Å². The van der Waals surface area contributed by atoms with Gasteiger partial charge in [0.25, 0.3) is 0 Å². The number of hydrogen-bond acceptors (Lipinski definition) is 3. The summed E-state index contributed by atoms with van der Waals surface area (Å²) in [5.41, 5.74) is 2.65. The van der Waals surface area contributed by atoms with Gasteiger partial charge in [0.15, 0.2) is 0 Å². The highest BCUT2D eigenvalue weighted by atomic mass is 16.5. The highest BCUT2D eigenvalue weighted by Gasteiger charge is 2.11. The van der Waals surface area contributed by atoms with Gasteiger partial charge in [-0.05, 0) is 42.2 Å². The third-order valence-corrected chi connectivity index (χ3v) is 2.97. The summed E-state index contributed by atoms with van der Waals surface area (Å²) >= 11 is 0. The van der Waals surface area contributed by atoms with Crippen LogP contribution in [0.25, 0.3) is 0 Å². The lowest BCUT2D eigenvalue weighted by Gasteiger charge is -2.11. The van der Waals surface area contributed by atoms with Gasteiger partial charge in [0.05, 0.1) is 5.56 Å². The number of esters is 1. The van der Waals surface area contributed by atoms with Gasteiger partial charge in [0.2, 0.25) is 0 Å². The average Bonchev–Trinajstić information content (AvgIpc) is 2.41. The van der Waals surface area contributed by atoms with Crippen molar-refractivity contribution >= 4 is 5.97 Å². The standard InChI is InChI=1S/C16H17NO2/c1-11(2)13-6-7-15(12(3)9-13)19-16(18)14-5-4-8-17-10-14/h4-11H,1-3H3. The summed E-state index contributed by atoms with van der Waals surface area (Å²) in [6, 6.07) is 9.29. The number of ether oxygens (including phenoxy) is 1. The van der Waals surface area contributed by atoms with Crippen LogP contribution in [0.1, 0.15) is 41.3 Å². The summed E-state index contributed by atoms with van der Waals surface area (Å²) in [5.74, 6) is 0.675. The first-order valence-corrected chi connectivity index (χ1v) is 6.30. The first-order valence-electron chi connectivity index (χ1n) is 6.30. The normalized spacial score (nSPS) is 10.5. The fraction of sp³-hybridized carbons (Fsp3) is 0.250. The number of carbonyl (C=O) groups is 1. The van der Waals surface area contributed by atoms with Gasteiger partial charge >= 0.3 is 5.97 Å². The topological polar surface area (TPSA) is 39.2 Å². The van der Waals surface area contributed by atoms with Gasteiger partial charge in [0.1, 0.15) is 5.75 Å². The molecule has 0 amide bonds. The van der Waals surface area contributed by atoms with E-state index >= 15 is 0 Å². The minimum Gasteiger partial charge on any atom is -0.423 e. The lowest BCUT2D eigenvalue weighted by molar-refractivity contribution is 0.0733. The van der Waals surface area contributed by atoms with Crippen LogP contribution >= 0.6 is 0 Å². The van der Waals surface area contributed by atoms with E-state index in [9.17, 15) is 4.79 Å². The van der Waals surface area contributed by atoms with Gasteiger partial charge in [-0.1, -0.05) is 26.0 Å². The van der Waals surface area contributed by atoms with E-state index < -0.39 is 0 Å². The van der Waals surface area contributed by atoms with Crippen LogP contribution in [0.4, 0.5) is 0 Å². The van der Waals surface area contributed by atoms with Crippen molar-refractivity contribution in [3.05, 3.63) is 59.4 Å². The molecule has 0 bridgehead atoms. The zero-order valence-corrected chi connectivity index (χ0v) is 11.4. The van der Waals surface area contributed by atoms with Gasteiger partial charge in [-0.15, -0.1) is 0 Å². The maximum atomic E-state index is 11.9. The number of aryl methyl sites for hydroxylation is 1. The Balaban J connectivity index is 2.18.